The lowest BCUT2D eigenvalue weighted by Gasteiger charge is -2.33. The molecule has 0 saturated carbocycles. The Labute approximate surface area is 142 Å². The average molecular weight is 338 g/mol. The average Bonchev–Trinajstić information content (AvgIpc) is 2.86. The molecule has 1 heterocycles. The smallest absolute Gasteiger partial charge is 0.269 e. The number of nitro benzene ring substituents is 1. The van der Waals surface area contributed by atoms with Crippen LogP contribution in [0.5, 0.6) is 0 Å². The fourth-order valence-corrected chi connectivity index (χ4v) is 3.75. The van der Waals surface area contributed by atoms with Crippen molar-refractivity contribution in [2.45, 2.75) is 18.4 Å². The van der Waals surface area contributed by atoms with Crippen LogP contribution in [-0.4, -0.2) is 21.7 Å². The summed E-state index contributed by atoms with van der Waals surface area (Å²) in [6, 6.07) is 10.9. The molecule has 2 atom stereocenters. The maximum absolute atomic E-state index is 12.9. The second-order valence-corrected chi connectivity index (χ2v) is 6.32. The van der Waals surface area contributed by atoms with E-state index in [0.717, 1.165) is 5.56 Å². The molecule has 2 unspecified atom stereocenters. The van der Waals surface area contributed by atoms with E-state index in [9.17, 15) is 24.8 Å². The largest absolute Gasteiger partial charge is 0.375 e. The summed E-state index contributed by atoms with van der Waals surface area (Å²) in [6.45, 7) is 0. The van der Waals surface area contributed by atoms with Gasteiger partial charge in [0.1, 0.15) is 0 Å². The summed E-state index contributed by atoms with van der Waals surface area (Å²) in [7, 11) is 0. The van der Waals surface area contributed by atoms with Crippen molar-refractivity contribution in [1.82, 2.24) is 0 Å². The molecule has 0 aromatic heterocycles. The molecule has 0 radical (unpaired) electrons. The molecular weight excluding hydrogens is 324 g/mol. The molecule has 2 aromatic rings. The Morgan fingerprint density at radius 1 is 1.20 bits per heavy atom. The van der Waals surface area contributed by atoms with Gasteiger partial charge in [0, 0.05) is 28.9 Å². The zero-order chi connectivity index (χ0) is 17.8. The number of fused-ring (bicyclic) bond motifs is 2. The summed E-state index contributed by atoms with van der Waals surface area (Å²) in [5.41, 5.74) is -0.596. The molecule has 0 bridgehead atoms. The Kier molecular flexibility index (Phi) is 3.23. The number of non-ortho nitro benzene ring substituents is 1. The number of nitrogens with one attached hydrogen (secondary N) is 1. The second-order valence-electron chi connectivity index (χ2n) is 6.32. The van der Waals surface area contributed by atoms with Crippen molar-refractivity contribution in [2.75, 3.05) is 5.32 Å². The first-order valence-corrected chi connectivity index (χ1v) is 7.88. The van der Waals surface area contributed by atoms with Gasteiger partial charge in [-0.05, 0) is 24.5 Å². The first kappa shape index (κ1) is 15.5. The van der Waals surface area contributed by atoms with E-state index in [-0.39, 0.29) is 17.0 Å². The molecule has 0 saturated heterocycles. The first-order chi connectivity index (χ1) is 11.9. The highest BCUT2D eigenvalue weighted by Crippen LogP contribution is 2.46. The van der Waals surface area contributed by atoms with Crippen LogP contribution >= 0.6 is 0 Å². The van der Waals surface area contributed by atoms with Gasteiger partial charge in [-0.1, -0.05) is 24.3 Å². The molecule has 25 heavy (non-hydrogen) atoms. The van der Waals surface area contributed by atoms with Crippen molar-refractivity contribution in [1.29, 1.82) is 0 Å². The number of ketones is 1. The summed E-state index contributed by atoms with van der Waals surface area (Å²) in [5, 5.41) is 24.8. The van der Waals surface area contributed by atoms with E-state index in [1.165, 1.54) is 18.2 Å². The number of carbonyl (C=O) groups excluding carboxylic acids is 2. The van der Waals surface area contributed by atoms with Crippen LogP contribution in [0.1, 0.15) is 27.9 Å². The van der Waals surface area contributed by atoms with Crippen molar-refractivity contribution in [3.63, 3.8) is 0 Å². The number of aliphatic hydroxyl groups is 1. The van der Waals surface area contributed by atoms with Crippen LogP contribution in [-0.2, 0) is 16.8 Å². The quantitative estimate of drug-likeness (QED) is 0.644. The van der Waals surface area contributed by atoms with Gasteiger partial charge in [0.25, 0.3) is 11.6 Å². The highest BCUT2D eigenvalue weighted by Gasteiger charge is 2.55. The number of hydrogen-bond acceptors (Lipinski definition) is 5. The van der Waals surface area contributed by atoms with Gasteiger partial charge in [0.2, 0.25) is 0 Å². The summed E-state index contributed by atoms with van der Waals surface area (Å²) in [5.74, 6) is -2.02. The topological polar surface area (TPSA) is 110 Å². The van der Waals surface area contributed by atoms with Crippen LogP contribution in [0, 0.1) is 16.0 Å². The van der Waals surface area contributed by atoms with E-state index in [4.69, 9.17) is 0 Å². The Hall–Kier alpha value is -3.06. The van der Waals surface area contributed by atoms with Crippen LogP contribution in [0.4, 0.5) is 11.4 Å². The summed E-state index contributed by atoms with van der Waals surface area (Å²) >= 11 is 0. The molecule has 2 N–H and O–H groups in total. The van der Waals surface area contributed by atoms with E-state index in [2.05, 4.69) is 5.32 Å². The van der Waals surface area contributed by atoms with Crippen molar-refractivity contribution >= 4 is 23.1 Å². The molecule has 7 heteroatoms. The van der Waals surface area contributed by atoms with Crippen molar-refractivity contribution < 1.29 is 19.6 Å². The maximum Gasteiger partial charge on any atom is 0.269 e. The first-order valence-electron chi connectivity index (χ1n) is 7.88. The van der Waals surface area contributed by atoms with Gasteiger partial charge < -0.3 is 10.4 Å². The van der Waals surface area contributed by atoms with Crippen LogP contribution < -0.4 is 5.32 Å². The molecule has 1 aliphatic heterocycles. The van der Waals surface area contributed by atoms with Gasteiger partial charge in [-0.2, -0.15) is 0 Å². The number of nitro groups is 1. The Bertz CT molecular complexity index is 939. The summed E-state index contributed by atoms with van der Waals surface area (Å²) in [4.78, 5) is 35.9. The molecule has 2 aliphatic rings. The fourth-order valence-electron chi connectivity index (χ4n) is 3.75. The van der Waals surface area contributed by atoms with E-state index in [1.54, 1.807) is 12.1 Å². The predicted molar refractivity (Wildman–Crippen MR) is 88.2 cm³/mol. The summed E-state index contributed by atoms with van der Waals surface area (Å²) in [6.07, 6.45) is 0.842. The zero-order valence-corrected chi connectivity index (χ0v) is 13.1. The Morgan fingerprint density at radius 2 is 1.96 bits per heavy atom. The molecule has 1 amide bonds. The SMILES string of the molecule is O=C1c2ccccc2CCC1C1(O)C(=O)Nc2ccc([N+](=O)[O-])cc21. The van der Waals surface area contributed by atoms with Crippen molar-refractivity contribution in [3.05, 3.63) is 69.3 Å². The van der Waals surface area contributed by atoms with Crippen molar-refractivity contribution in [2.24, 2.45) is 5.92 Å². The normalized spacial score (nSPS) is 24.4. The Morgan fingerprint density at radius 3 is 2.72 bits per heavy atom. The molecule has 0 fully saturated rings. The molecule has 0 spiro atoms. The van der Waals surface area contributed by atoms with Crippen molar-refractivity contribution in [3.8, 4) is 0 Å². The van der Waals surface area contributed by atoms with Gasteiger partial charge in [0.05, 0.1) is 10.8 Å². The third-order valence-electron chi connectivity index (χ3n) is 5.02. The van der Waals surface area contributed by atoms with Gasteiger partial charge >= 0.3 is 0 Å². The molecule has 7 nitrogen and oxygen atoms in total. The maximum atomic E-state index is 12.9. The molecule has 4 rings (SSSR count). The monoisotopic (exact) mass is 338 g/mol. The highest BCUT2D eigenvalue weighted by molar-refractivity contribution is 6.11. The third-order valence-corrected chi connectivity index (χ3v) is 5.02. The lowest BCUT2D eigenvalue weighted by atomic mass is 9.71. The number of benzene rings is 2. The number of nitrogens with zero attached hydrogens (tertiary/aromatic N) is 1. The third kappa shape index (κ3) is 2.09. The number of aryl methyl sites for hydroxylation is 1. The standard InChI is InChI=1S/C18H14N2O5/c21-16-12-4-2-1-3-10(12)5-7-13(16)18(23)14-9-11(20(24)25)6-8-15(14)19-17(18)22/h1-4,6,8-9,13,23H,5,7H2,(H,19,22). The Balaban J connectivity index is 1.84. The van der Waals surface area contributed by atoms with Crippen LogP contribution in [0.25, 0.3) is 0 Å². The van der Waals surface area contributed by atoms with Crippen LogP contribution in [0.15, 0.2) is 42.5 Å². The minimum atomic E-state index is -2.11. The minimum Gasteiger partial charge on any atom is -0.375 e. The number of hydrogen-bond donors (Lipinski definition) is 2. The molecule has 2 aromatic carbocycles. The zero-order valence-electron chi connectivity index (χ0n) is 13.1. The number of Topliss-reactive ketones (excluding diaryl/α,β-unsaturated/α-hetero) is 1. The highest BCUT2D eigenvalue weighted by atomic mass is 16.6. The molecule has 1 aliphatic carbocycles. The minimum absolute atomic E-state index is 0.0874. The van der Waals surface area contributed by atoms with Gasteiger partial charge in [0.15, 0.2) is 11.4 Å². The van der Waals surface area contributed by atoms with E-state index < -0.39 is 22.3 Å². The van der Waals surface area contributed by atoms with E-state index in [0.29, 0.717) is 24.1 Å². The molecule has 126 valence electrons. The number of anilines is 1. The van der Waals surface area contributed by atoms with Crippen LogP contribution in [0.2, 0.25) is 0 Å². The second kappa shape index (κ2) is 5.22. The summed E-state index contributed by atoms with van der Waals surface area (Å²) < 4.78 is 0. The van der Waals surface area contributed by atoms with Gasteiger partial charge in [-0.15, -0.1) is 0 Å². The fraction of sp³-hybridized carbons (Fsp3) is 0.222. The molecular formula is C18H14N2O5. The number of carbonyl (C=O) groups is 2. The number of amides is 1. The lowest BCUT2D eigenvalue weighted by Crippen LogP contribution is -2.47. The van der Waals surface area contributed by atoms with Crippen LogP contribution in [0.3, 0.4) is 0 Å². The predicted octanol–water partition coefficient (Wildman–Crippen LogP) is 2.18. The van der Waals surface area contributed by atoms with Gasteiger partial charge in [-0.3, -0.25) is 19.7 Å². The van der Waals surface area contributed by atoms with E-state index >= 15 is 0 Å². The number of rotatable bonds is 2. The van der Waals surface area contributed by atoms with E-state index in [1.807, 2.05) is 12.1 Å². The lowest BCUT2D eigenvalue weighted by molar-refractivity contribution is -0.385. The van der Waals surface area contributed by atoms with Gasteiger partial charge in [-0.25, -0.2) is 0 Å².